The van der Waals surface area contributed by atoms with Crippen LogP contribution in [0.15, 0.2) is 0 Å². The molecule has 0 bridgehead atoms. The Bertz CT molecular complexity index is 363. The van der Waals surface area contributed by atoms with Crippen LogP contribution in [0.2, 0.25) is 0 Å². The molecule has 0 amide bonds. The maximum atomic E-state index is 12.9. The van der Waals surface area contributed by atoms with Crippen LogP contribution in [0.4, 0.5) is 13.2 Å². The molecular formula is C17H29F3N2. The first-order chi connectivity index (χ1) is 10.5. The summed E-state index contributed by atoms with van der Waals surface area (Å²) in [7, 11) is 0. The second kappa shape index (κ2) is 6.68. The quantitative estimate of drug-likeness (QED) is 0.835. The van der Waals surface area contributed by atoms with Crippen LogP contribution in [0.5, 0.6) is 0 Å². The summed E-state index contributed by atoms with van der Waals surface area (Å²) < 4.78 is 38.6. The van der Waals surface area contributed by atoms with Crippen LogP contribution in [-0.4, -0.2) is 36.2 Å². The Morgan fingerprint density at radius 2 is 1.64 bits per heavy atom. The van der Waals surface area contributed by atoms with Gasteiger partial charge in [-0.15, -0.1) is 0 Å². The van der Waals surface area contributed by atoms with E-state index in [1.165, 1.54) is 32.1 Å². The lowest BCUT2D eigenvalue weighted by Crippen LogP contribution is -2.56. The maximum Gasteiger partial charge on any atom is 0.391 e. The molecule has 2 aliphatic carbocycles. The van der Waals surface area contributed by atoms with E-state index in [2.05, 4.69) is 4.90 Å². The summed E-state index contributed by atoms with van der Waals surface area (Å²) >= 11 is 0. The van der Waals surface area contributed by atoms with Gasteiger partial charge in [0.05, 0.1) is 5.92 Å². The summed E-state index contributed by atoms with van der Waals surface area (Å²) in [4.78, 5) is 2.58. The Labute approximate surface area is 131 Å². The number of nitrogens with two attached hydrogens (primary N) is 1. The van der Waals surface area contributed by atoms with Crippen molar-refractivity contribution >= 4 is 0 Å². The van der Waals surface area contributed by atoms with E-state index in [1.807, 2.05) is 0 Å². The third-order valence-electron chi connectivity index (χ3n) is 6.36. The maximum absolute atomic E-state index is 12.9. The van der Waals surface area contributed by atoms with Gasteiger partial charge in [-0.1, -0.05) is 12.8 Å². The van der Waals surface area contributed by atoms with E-state index in [1.54, 1.807) is 0 Å². The number of piperidine rings is 1. The second-order valence-electron chi connectivity index (χ2n) is 7.69. The molecule has 0 radical (unpaired) electrons. The minimum absolute atomic E-state index is 0.315. The van der Waals surface area contributed by atoms with Gasteiger partial charge in [0.2, 0.25) is 0 Å². The lowest BCUT2D eigenvalue weighted by atomic mass is 9.73. The summed E-state index contributed by atoms with van der Waals surface area (Å²) in [6, 6.07) is 0.975. The molecule has 3 rings (SSSR count). The second-order valence-corrected chi connectivity index (χ2v) is 7.69. The van der Waals surface area contributed by atoms with Gasteiger partial charge in [-0.05, 0) is 63.3 Å². The fourth-order valence-corrected chi connectivity index (χ4v) is 5.16. The zero-order valence-corrected chi connectivity index (χ0v) is 13.3. The molecule has 0 aromatic carbocycles. The Kier molecular flexibility index (Phi) is 5.03. The number of nitrogens with zero attached hydrogens (tertiary/aromatic N) is 1. The molecule has 2 N–H and O–H groups in total. The smallest absolute Gasteiger partial charge is 0.330 e. The third kappa shape index (κ3) is 3.45. The number of hydrogen-bond donors (Lipinski definition) is 1. The van der Waals surface area contributed by atoms with E-state index in [0.29, 0.717) is 43.7 Å². The number of likely N-dealkylation sites (tertiary alicyclic amines) is 1. The monoisotopic (exact) mass is 318 g/mol. The van der Waals surface area contributed by atoms with Crippen molar-refractivity contribution < 1.29 is 13.2 Å². The Morgan fingerprint density at radius 1 is 0.955 bits per heavy atom. The van der Waals surface area contributed by atoms with Crippen LogP contribution in [0.25, 0.3) is 0 Å². The number of alkyl halides is 3. The summed E-state index contributed by atoms with van der Waals surface area (Å²) in [6.45, 7) is 1.73. The number of halogens is 3. The molecule has 3 unspecified atom stereocenters. The molecule has 1 heterocycles. The van der Waals surface area contributed by atoms with Crippen LogP contribution < -0.4 is 5.73 Å². The van der Waals surface area contributed by atoms with E-state index < -0.39 is 12.1 Å². The molecular weight excluding hydrogens is 289 g/mol. The molecule has 0 aromatic rings. The molecule has 22 heavy (non-hydrogen) atoms. The third-order valence-corrected chi connectivity index (χ3v) is 6.36. The van der Waals surface area contributed by atoms with Gasteiger partial charge in [-0.25, -0.2) is 0 Å². The van der Waals surface area contributed by atoms with Crippen molar-refractivity contribution in [2.75, 3.05) is 13.1 Å². The molecule has 0 aromatic heterocycles. The first-order valence-electron chi connectivity index (χ1n) is 9.01. The van der Waals surface area contributed by atoms with Gasteiger partial charge in [-0.3, -0.25) is 4.90 Å². The molecule has 2 saturated carbocycles. The van der Waals surface area contributed by atoms with Gasteiger partial charge >= 0.3 is 6.18 Å². The van der Waals surface area contributed by atoms with Crippen molar-refractivity contribution in [3.8, 4) is 0 Å². The number of fused-ring (bicyclic) bond motifs is 1. The van der Waals surface area contributed by atoms with Crippen LogP contribution in [0.3, 0.4) is 0 Å². The molecule has 1 saturated heterocycles. The van der Waals surface area contributed by atoms with Gasteiger partial charge in [-0.2, -0.15) is 13.2 Å². The van der Waals surface area contributed by atoms with Gasteiger partial charge in [0.25, 0.3) is 0 Å². The van der Waals surface area contributed by atoms with Crippen molar-refractivity contribution in [2.24, 2.45) is 23.5 Å². The molecule has 1 aliphatic heterocycles. The Hall–Kier alpha value is -0.290. The topological polar surface area (TPSA) is 29.3 Å². The summed E-state index contributed by atoms with van der Waals surface area (Å²) in [5, 5.41) is 0. The lowest BCUT2D eigenvalue weighted by Gasteiger charge is -2.51. The van der Waals surface area contributed by atoms with Crippen molar-refractivity contribution in [1.82, 2.24) is 4.90 Å². The van der Waals surface area contributed by atoms with Crippen LogP contribution in [-0.2, 0) is 0 Å². The molecule has 5 heteroatoms. The molecule has 0 spiro atoms. The highest BCUT2D eigenvalue weighted by Gasteiger charge is 2.45. The van der Waals surface area contributed by atoms with Crippen molar-refractivity contribution in [3.63, 3.8) is 0 Å². The molecule has 3 aliphatic rings. The SMILES string of the molecule is NCC1CC2CCCCC2N(C2CCC(C(F)(F)F)CC2)C1. The Morgan fingerprint density at radius 3 is 2.27 bits per heavy atom. The predicted molar refractivity (Wildman–Crippen MR) is 81.4 cm³/mol. The number of hydrogen-bond acceptors (Lipinski definition) is 2. The van der Waals surface area contributed by atoms with E-state index in [-0.39, 0.29) is 0 Å². The van der Waals surface area contributed by atoms with Crippen LogP contribution >= 0.6 is 0 Å². The highest BCUT2D eigenvalue weighted by Crippen LogP contribution is 2.43. The van der Waals surface area contributed by atoms with Crippen LogP contribution in [0, 0.1) is 17.8 Å². The van der Waals surface area contributed by atoms with Gasteiger partial charge in [0.1, 0.15) is 0 Å². The van der Waals surface area contributed by atoms with Crippen molar-refractivity contribution in [2.45, 2.75) is 76.0 Å². The Balaban J connectivity index is 1.64. The highest BCUT2D eigenvalue weighted by atomic mass is 19.4. The highest BCUT2D eigenvalue weighted by molar-refractivity contribution is 4.95. The summed E-state index contributed by atoms with van der Waals surface area (Å²) in [6.07, 6.45) is 4.41. The molecule has 128 valence electrons. The lowest BCUT2D eigenvalue weighted by molar-refractivity contribution is -0.185. The molecule has 2 nitrogen and oxygen atoms in total. The van der Waals surface area contributed by atoms with Crippen molar-refractivity contribution in [1.29, 1.82) is 0 Å². The first-order valence-corrected chi connectivity index (χ1v) is 9.01. The predicted octanol–water partition coefficient (Wildman–Crippen LogP) is 3.95. The zero-order chi connectivity index (χ0) is 15.7. The van der Waals surface area contributed by atoms with E-state index in [0.717, 1.165) is 19.0 Å². The fourth-order valence-electron chi connectivity index (χ4n) is 5.16. The average Bonchev–Trinajstić information content (AvgIpc) is 2.53. The minimum atomic E-state index is -4.00. The largest absolute Gasteiger partial charge is 0.391 e. The van der Waals surface area contributed by atoms with Gasteiger partial charge in [0.15, 0.2) is 0 Å². The molecule has 3 fully saturated rings. The van der Waals surface area contributed by atoms with E-state index in [4.69, 9.17) is 5.73 Å². The van der Waals surface area contributed by atoms with E-state index >= 15 is 0 Å². The van der Waals surface area contributed by atoms with Gasteiger partial charge < -0.3 is 5.73 Å². The summed E-state index contributed by atoms with van der Waals surface area (Å²) in [5.74, 6) is 0.206. The standard InChI is InChI=1S/C17H29F3N2/c18-17(19,20)14-5-7-15(8-6-14)22-11-12(10-21)9-13-3-1-2-4-16(13)22/h12-16H,1-11,21H2. The first kappa shape index (κ1) is 16.6. The van der Waals surface area contributed by atoms with Crippen LogP contribution in [0.1, 0.15) is 57.8 Å². The van der Waals surface area contributed by atoms with Crippen molar-refractivity contribution in [3.05, 3.63) is 0 Å². The van der Waals surface area contributed by atoms with E-state index in [9.17, 15) is 13.2 Å². The zero-order valence-electron chi connectivity index (χ0n) is 13.3. The number of rotatable bonds is 2. The van der Waals surface area contributed by atoms with Gasteiger partial charge in [0, 0.05) is 18.6 Å². The fraction of sp³-hybridized carbons (Fsp3) is 1.00. The summed E-state index contributed by atoms with van der Waals surface area (Å²) in [5.41, 5.74) is 5.92. The normalized spacial score (nSPS) is 41.2. The average molecular weight is 318 g/mol. The molecule has 3 atom stereocenters. The minimum Gasteiger partial charge on any atom is -0.330 e.